The normalized spacial score (nSPS) is 11.1. The molecule has 3 heterocycles. The van der Waals surface area contributed by atoms with E-state index in [1.807, 2.05) is 42.6 Å². The minimum atomic E-state index is -0.318. The number of aryl methyl sites for hydroxylation is 2. The fourth-order valence-corrected chi connectivity index (χ4v) is 3.92. The van der Waals surface area contributed by atoms with E-state index in [1.165, 1.54) is 12.3 Å². The standard InChI is InChI=1S/C26H21FN4/c1-17-7-5-8-18(2)24(17)30-26-25(29-23-13-12-20(27)16-31(23)26)22-11-4-3-10-21(22)19-9-6-14-28-15-19/h3-16,30H,1-2H3. The molecular weight excluding hydrogens is 387 g/mol. The van der Waals surface area contributed by atoms with Crippen molar-refractivity contribution in [3.8, 4) is 22.4 Å². The first-order valence-corrected chi connectivity index (χ1v) is 10.1. The molecule has 4 nitrogen and oxygen atoms in total. The van der Waals surface area contributed by atoms with E-state index in [-0.39, 0.29) is 5.82 Å². The number of nitrogens with one attached hydrogen (secondary N) is 1. The number of anilines is 2. The van der Waals surface area contributed by atoms with E-state index in [9.17, 15) is 4.39 Å². The van der Waals surface area contributed by atoms with Gasteiger partial charge in [-0.05, 0) is 48.7 Å². The van der Waals surface area contributed by atoms with Crippen molar-refractivity contribution in [2.24, 2.45) is 0 Å². The number of hydrogen-bond donors (Lipinski definition) is 1. The topological polar surface area (TPSA) is 42.2 Å². The number of benzene rings is 2. The molecule has 5 heteroatoms. The molecule has 0 saturated heterocycles. The van der Waals surface area contributed by atoms with Gasteiger partial charge < -0.3 is 5.32 Å². The van der Waals surface area contributed by atoms with Gasteiger partial charge in [-0.15, -0.1) is 0 Å². The largest absolute Gasteiger partial charge is 0.339 e. The Morgan fingerprint density at radius 3 is 2.35 bits per heavy atom. The summed E-state index contributed by atoms with van der Waals surface area (Å²) in [4.78, 5) is 9.15. The van der Waals surface area contributed by atoms with Crippen LogP contribution in [0.2, 0.25) is 0 Å². The molecule has 0 aliphatic heterocycles. The molecule has 0 spiro atoms. The van der Waals surface area contributed by atoms with Crippen molar-refractivity contribution in [2.45, 2.75) is 13.8 Å². The van der Waals surface area contributed by atoms with Crippen molar-refractivity contribution < 1.29 is 4.39 Å². The lowest BCUT2D eigenvalue weighted by Crippen LogP contribution is -2.01. The average Bonchev–Trinajstić information content (AvgIpc) is 3.14. The Kier molecular flexibility index (Phi) is 4.71. The summed E-state index contributed by atoms with van der Waals surface area (Å²) < 4.78 is 16.0. The van der Waals surface area contributed by atoms with Gasteiger partial charge in [-0.3, -0.25) is 9.38 Å². The van der Waals surface area contributed by atoms with Gasteiger partial charge in [-0.2, -0.15) is 0 Å². The van der Waals surface area contributed by atoms with Gasteiger partial charge >= 0.3 is 0 Å². The number of imidazole rings is 1. The molecule has 5 rings (SSSR count). The number of halogens is 1. The van der Waals surface area contributed by atoms with Crippen LogP contribution in [-0.2, 0) is 0 Å². The quantitative estimate of drug-likeness (QED) is 0.366. The molecule has 0 unspecified atom stereocenters. The number of nitrogens with zero attached hydrogens (tertiary/aromatic N) is 3. The highest BCUT2D eigenvalue weighted by atomic mass is 19.1. The van der Waals surface area contributed by atoms with E-state index >= 15 is 0 Å². The molecule has 1 N–H and O–H groups in total. The Morgan fingerprint density at radius 1 is 0.839 bits per heavy atom. The third-order valence-corrected chi connectivity index (χ3v) is 5.46. The van der Waals surface area contributed by atoms with Gasteiger partial charge in [0.05, 0.1) is 0 Å². The Labute approximate surface area is 180 Å². The molecule has 0 amide bonds. The van der Waals surface area contributed by atoms with Crippen molar-refractivity contribution in [3.63, 3.8) is 0 Å². The minimum absolute atomic E-state index is 0.318. The highest BCUT2D eigenvalue weighted by molar-refractivity contribution is 5.89. The second-order valence-electron chi connectivity index (χ2n) is 7.56. The van der Waals surface area contributed by atoms with E-state index in [1.54, 1.807) is 16.7 Å². The summed E-state index contributed by atoms with van der Waals surface area (Å²) in [5, 5.41) is 3.55. The molecular formula is C26H21FN4. The molecule has 0 aliphatic carbocycles. The maximum atomic E-state index is 14.2. The number of para-hydroxylation sites is 1. The number of aromatic nitrogens is 3. The van der Waals surface area contributed by atoms with Gasteiger partial charge in [-0.25, -0.2) is 9.37 Å². The highest BCUT2D eigenvalue weighted by Crippen LogP contribution is 2.38. The molecule has 0 fully saturated rings. The van der Waals surface area contributed by atoms with Crippen LogP contribution in [0.3, 0.4) is 0 Å². The molecule has 2 aromatic carbocycles. The minimum Gasteiger partial charge on any atom is -0.339 e. The highest BCUT2D eigenvalue weighted by Gasteiger charge is 2.19. The first-order valence-electron chi connectivity index (χ1n) is 10.1. The summed E-state index contributed by atoms with van der Waals surface area (Å²) in [6.07, 6.45) is 5.06. The zero-order chi connectivity index (χ0) is 21.4. The molecule has 152 valence electrons. The number of rotatable bonds is 4. The smallest absolute Gasteiger partial charge is 0.143 e. The predicted octanol–water partition coefficient (Wildman–Crippen LogP) is 6.56. The SMILES string of the molecule is Cc1cccc(C)c1Nc1c(-c2ccccc2-c2cccnc2)nc2ccc(F)cn12. The van der Waals surface area contributed by atoms with Gasteiger partial charge in [0.1, 0.15) is 23.0 Å². The van der Waals surface area contributed by atoms with Gasteiger partial charge in [0.15, 0.2) is 0 Å². The Hall–Kier alpha value is -3.99. The average molecular weight is 408 g/mol. The summed E-state index contributed by atoms with van der Waals surface area (Å²) in [7, 11) is 0. The molecule has 0 saturated carbocycles. The van der Waals surface area contributed by atoms with Crippen molar-refractivity contribution in [1.82, 2.24) is 14.4 Å². The van der Waals surface area contributed by atoms with Crippen molar-refractivity contribution in [2.75, 3.05) is 5.32 Å². The van der Waals surface area contributed by atoms with Crippen LogP contribution in [-0.4, -0.2) is 14.4 Å². The zero-order valence-corrected chi connectivity index (χ0v) is 17.3. The molecule has 0 atom stereocenters. The summed E-state index contributed by atoms with van der Waals surface area (Å²) in [5.74, 6) is 0.407. The monoisotopic (exact) mass is 408 g/mol. The van der Waals surface area contributed by atoms with Gasteiger partial charge in [0.25, 0.3) is 0 Å². The van der Waals surface area contributed by atoms with Crippen LogP contribution in [0.15, 0.2) is 85.3 Å². The number of fused-ring (bicyclic) bond motifs is 1. The molecule has 31 heavy (non-hydrogen) atoms. The van der Waals surface area contributed by atoms with E-state index in [0.717, 1.165) is 45.0 Å². The summed E-state index contributed by atoms with van der Waals surface area (Å²) in [6, 6.07) is 21.3. The number of pyridine rings is 2. The maximum absolute atomic E-state index is 14.2. The molecule has 0 radical (unpaired) electrons. The van der Waals surface area contributed by atoms with Crippen molar-refractivity contribution in [3.05, 3.63) is 102 Å². The third-order valence-electron chi connectivity index (χ3n) is 5.46. The third kappa shape index (κ3) is 3.44. The first-order chi connectivity index (χ1) is 15.1. The molecule has 3 aromatic heterocycles. The number of hydrogen-bond acceptors (Lipinski definition) is 3. The lowest BCUT2D eigenvalue weighted by molar-refractivity contribution is 0.619. The van der Waals surface area contributed by atoms with Crippen molar-refractivity contribution in [1.29, 1.82) is 0 Å². The molecule has 5 aromatic rings. The molecule has 0 bridgehead atoms. The van der Waals surface area contributed by atoms with Gasteiger partial charge in [-0.1, -0.05) is 48.5 Å². The lowest BCUT2D eigenvalue weighted by atomic mass is 9.98. The van der Waals surface area contributed by atoms with Gasteiger partial charge in [0.2, 0.25) is 0 Å². The van der Waals surface area contributed by atoms with E-state index in [2.05, 4.69) is 42.3 Å². The van der Waals surface area contributed by atoms with Crippen LogP contribution in [0.4, 0.5) is 15.9 Å². The van der Waals surface area contributed by atoms with Crippen LogP contribution < -0.4 is 5.32 Å². The van der Waals surface area contributed by atoms with E-state index in [4.69, 9.17) is 4.98 Å². The van der Waals surface area contributed by atoms with Crippen LogP contribution in [0.25, 0.3) is 28.0 Å². The lowest BCUT2D eigenvalue weighted by Gasteiger charge is -2.15. The zero-order valence-electron chi connectivity index (χ0n) is 17.3. The van der Waals surface area contributed by atoms with E-state index in [0.29, 0.717) is 5.65 Å². The first kappa shape index (κ1) is 19.0. The predicted molar refractivity (Wildman–Crippen MR) is 123 cm³/mol. The Morgan fingerprint density at radius 2 is 1.61 bits per heavy atom. The van der Waals surface area contributed by atoms with Gasteiger partial charge in [0, 0.05) is 35.4 Å². The second kappa shape index (κ2) is 7.69. The van der Waals surface area contributed by atoms with Crippen molar-refractivity contribution >= 4 is 17.2 Å². The molecule has 0 aliphatic rings. The van der Waals surface area contributed by atoms with Crippen LogP contribution in [0, 0.1) is 19.7 Å². The van der Waals surface area contributed by atoms with Crippen LogP contribution in [0.1, 0.15) is 11.1 Å². The summed E-state index contributed by atoms with van der Waals surface area (Å²) >= 11 is 0. The van der Waals surface area contributed by atoms with Crippen LogP contribution >= 0.6 is 0 Å². The summed E-state index contributed by atoms with van der Waals surface area (Å²) in [5.41, 5.74) is 7.61. The van der Waals surface area contributed by atoms with E-state index < -0.39 is 0 Å². The summed E-state index contributed by atoms with van der Waals surface area (Å²) in [6.45, 7) is 4.12. The fourth-order valence-electron chi connectivity index (χ4n) is 3.92. The fraction of sp³-hybridized carbons (Fsp3) is 0.0769. The maximum Gasteiger partial charge on any atom is 0.143 e. The Balaban J connectivity index is 1.77. The Bertz CT molecular complexity index is 1370. The van der Waals surface area contributed by atoms with Crippen LogP contribution in [0.5, 0.6) is 0 Å². The second-order valence-corrected chi connectivity index (χ2v) is 7.56.